The zero-order valence-electron chi connectivity index (χ0n) is 13.3. The van der Waals surface area contributed by atoms with Crippen molar-refractivity contribution < 1.29 is 19.1 Å². The predicted molar refractivity (Wildman–Crippen MR) is 82.3 cm³/mol. The Balaban J connectivity index is 2.57. The fourth-order valence-electron chi connectivity index (χ4n) is 1.77. The van der Waals surface area contributed by atoms with E-state index >= 15 is 0 Å². The topological polar surface area (TPSA) is 84.5 Å². The van der Waals surface area contributed by atoms with Gasteiger partial charge in [0.05, 0.1) is 0 Å². The molecule has 1 aromatic rings. The number of carbonyl (C=O) groups is 3. The van der Waals surface area contributed by atoms with Crippen LogP contribution in [-0.4, -0.2) is 36.5 Å². The SMILES string of the molecule is CCNC(=O)[C@H](C)OC(=O)[C@H](C)NC(=O)c1cccc(C)c1. The van der Waals surface area contributed by atoms with Gasteiger partial charge in [-0.05, 0) is 39.8 Å². The molecule has 6 nitrogen and oxygen atoms in total. The van der Waals surface area contributed by atoms with Crippen LogP contribution in [-0.2, 0) is 14.3 Å². The van der Waals surface area contributed by atoms with Gasteiger partial charge in [0.2, 0.25) is 0 Å². The number of rotatable bonds is 6. The predicted octanol–water partition coefficient (Wildman–Crippen LogP) is 1.18. The molecule has 0 fully saturated rings. The van der Waals surface area contributed by atoms with E-state index in [0.29, 0.717) is 12.1 Å². The van der Waals surface area contributed by atoms with E-state index in [4.69, 9.17) is 4.74 Å². The summed E-state index contributed by atoms with van der Waals surface area (Å²) in [5.41, 5.74) is 1.42. The van der Waals surface area contributed by atoms with Gasteiger partial charge in [0.25, 0.3) is 11.8 Å². The lowest BCUT2D eigenvalue weighted by molar-refractivity contribution is -0.156. The van der Waals surface area contributed by atoms with E-state index in [1.54, 1.807) is 25.1 Å². The summed E-state index contributed by atoms with van der Waals surface area (Å²) in [5.74, 6) is -1.38. The van der Waals surface area contributed by atoms with Crippen LogP contribution < -0.4 is 10.6 Å². The van der Waals surface area contributed by atoms with Crippen molar-refractivity contribution in [1.29, 1.82) is 0 Å². The number of carbonyl (C=O) groups excluding carboxylic acids is 3. The molecule has 0 heterocycles. The molecule has 0 saturated carbocycles. The summed E-state index contributed by atoms with van der Waals surface area (Å²) >= 11 is 0. The second-order valence-electron chi connectivity index (χ2n) is 5.04. The Morgan fingerprint density at radius 1 is 1.23 bits per heavy atom. The van der Waals surface area contributed by atoms with E-state index in [2.05, 4.69) is 10.6 Å². The van der Waals surface area contributed by atoms with Gasteiger partial charge in [-0.25, -0.2) is 4.79 Å². The molecule has 0 aliphatic heterocycles. The highest BCUT2D eigenvalue weighted by Crippen LogP contribution is 2.05. The molecule has 0 aliphatic carbocycles. The monoisotopic (exact) mass is 306 g/mol. The van der Waals surface area contributed by atoms with Crippen molar-refractivity contribution in [2.24, 2.45) is 0 Å². The Hall–Kier alpha value is -2.37. The summed E-state index contributed by atoms with van der Waals surface area (Å²) in [5, 5.41) is 5.11. The third-order valence-electron chi connectivity index (χ3n) is 2.99. The molecule has 0 aliphatic rings. The first-order valence-corrected chi connectivity index (χ1v) is 7.20. The molecule has 0 saturated heterocycles. The summed E-state index contributed by atoms with van der Waals surface area (Å²) in [7, 11) is 0. The van der Waals surface area contributed by atoms with Crippen molar-refractivity contribution >= 4 is 17.8 Å². The highest BCUT2D eigenvalue weighted by atomic mass is 16.5. The summed E-state index contributed by atoms with van der Waals surface area (Å²) in [4.78, 5) is 35.4. The molecular weight excluding hydrogens is 284 g/mol. The van der Waals surface area contributed by atoms with Crippen LogP contribution >= 0.6 is 0 Å². The van der Waals surface area contributed by atoms with Crippen molar-refractivity contribution in [1.82, 2.24) is 10.6 Å². The molecule has 1 aromatic carbocycles. The highest BCUT2D eigenvalue weighted by molar-refractivity contribution is 5.97. The Kier molecular flexibility index (Phi) is 6.56. The Morgan fingerprint density at radius 2 is 1.91 bits per heavy atom. The fraction of sp³-hybridized carbons (Fsp3) is 0.438. The summed E-state index contributed by atoms with van der Waals surface area (Å²) in [6, 6.07) is 6.19. The molecule has 0 spiro atoms. The maximum Gasteiger partial charge on any atom is 0.329 e. The minimum absolute atomic E-state index is 0.362. The van der Waals surface area contributed by atoms with Gasteiger partial charge in [-0.15, -0.1) is 0 Å². The average molecular weight is 306 g/mol. The van der Waals surface area contributed by atoms with Gasteiger partial charge in [0.1, 0.15) is 6.04 Å². The van der Waals surface area contributed by atoms with E-state index in [0.717, 1.165) is 5.56 Å². The van der Waals surface area contributed by atoms with E-state index in [9.17, 15) is 14.4 Å². The lowest BCUT2D eigenvalue weighted by atomic mass is 10.1. The van der Waals surface area contributed by atoms with Crippen LogP contribution in [0.5, 0.6) is 0 Å². The van der Waals surface area contributed by atoms with Crippen LogP contribution in [0.3, 0.4) is 0 Å². The zero-order chi connectivity index (χ0) is 16.7. The molecule has 1 rings (SSSR count). The Labute approximate surface area is 130 Å². The number of nitrogens with one attached hydrogen (secondary N) is 2. The highest BCUT2D eigenvalue weighted by Gasteiger charge is 2.23. The smallest absolute Gasteiger partial charge is 0.329 e. The van der Waals surface area contributed by atoms with E-state index in [1.807, 2.05) is 13.0 Å². The third kappa shape index (κ3) is 5.20. The van der Waals surface area contributed by atoms with E-state index < -0.39 is 18.1 Å². The quantitative estimate of drug-likeness (QED) is 0.773. The first kappa shape index (κ1) is 17.7. The molecular formula is C16H22N2O4. The third-order valence-corrected chi connectivity index (χ3v) is 2.99. The molecule has 22 heavy (non-hydrogen) atoms. The van der Waals surface area contributed by atoms with Crippen molar-refractivity contribution in [3.8, 4) is 0 Å². The largest absolute Gasteiger partial charge is 0.451 e. The van der Waals surface area contributed by atoms with Crippen LogP contribution in [0.25, 0.3) is 0 Å². The fourth-order valence-corrected chi connectivity index (χ4v) is 1.77. The van der Waals surface area contributed by atoms with E-state index in [1.165, 1.54) is 13.8 Å². The summed E-state index contributed by atoms with van der Waals surface area (Å²) < 4.78 is 5.02. The van der Waals surface area contributed by atoms with Crippen LogP contribution in [0, 0.1) is 6.92 Å². The van der Waals surface area contributed by atoms with Gasteiger partial charge >= 0.3 is 5.97 Å². The molecule has 2 amide bonds. The maximum absolute atomic E-state index is 12.0. The minimum atomic E-state index is -0.897. The molecule has 0 unspecified atom stereocenters. The van der Waals surface area contributed by atoms with Crippen molar-refractivity contribution in [2.75, 3.05) is 6.54 Å². The van der Waals surface area contributed by atoms with Crippen molar-refractivity contribution in [2.45, 2.75) is 39.8 Å². The number of benzene rings is 1. The number of aryl methyl sites for hydroxylation is 1. The number of likely N-dealkylation sites (N-methyl/N-ethyl adjacent to an activating group) is 1. The maximum atomic E-state index is 12.0. The number of hydrogen-bond acceptors (Lipinski definition) is 4. The van der Waals surface area contributed by atoms with Gasteiger partial charge in [0.15, 0.2) is 6.10 Å². The average Bonchev–Trinajstić information content (AvgIpc) is 2.47. The molecule has 2 atom stereocenters. The number of hydrogen-bond donors (Lipinski definition) is 2. The molecule has 2 N–H and O–H groups in total. The Morgan fingerprint density at radius 3 is 2.50 bits per heavy atom. The minimum Gasteiger partial charge on any atom is -0.451 e. The lowest BCUT2D eigenvalue weighted by Gasteiger charge is -2.17. The molecule has 0 radical (unpaired) electrons. The molecule has 0 bridgehead atoms. The second-order valence-corrected chi connectivity index (χ2v) is 5.04. The second kappa shape index (κ2) is 8.17. The van der Waals surface area contributed by atoms with Crippen LogP contribution in [0.1, 0.15) is 36.7 Å². The molecule has 0 aromatic heterocycles. The normalized spacial score (nSPS) is 12.9. The summed E-state index contributed by atoms with van der Waals surface area (Å²) in [6.07, 6.45) is -0.897. The zero-order valence-corrected chi connectivity index (χ0v) is 13.3. The van der Waals surface area contributed by atoms with Gasteiger partial charge in [-0.3, -0.25) is 9.59 Å². The first-order valence-electron chi connectivity index (χ1n) is 7.20. The van der Waals surface area contributed by atoms with Gasteiger partial charge < -0.3 is 15.4 Å². The summed E-state index contributed by atoms with van der Waals surface area (Å²) in [6.45, 7) is 7.11. The van der Waals surface area contributed by atoms with Crippen LogP contribution in [0.4, 0.5) is 0 Å². The lowest BCUT2D eigenvalue weighted by Crippen LogP contribution is -2.43. The van der Waals surface area contributed by atoms with Gasteiger partial charge in [-0.1, -0.05) is 17.7 Å². The van der Waals surface area contributed by atoms with Gasteiger partial charge in [-0.2, -0.15) is 0 Å². The first-order chi connectivity index (χ1) is 10.3. The van der Waals surface area contributed by atoms with Gasteiger partial charge in [0, 0.05) is 12.1 Å². The van der Waals surface area contributed by atoms with Crippen molar-refractivity contribution in [3.63, 3.8) is 0 Å². The number of ether oxygens (including phenoxy) is 1. The Bertz CT molecular complexity index is 557. The standard InChI is InChI=1S/C16H22N2O4/c1-5-17-14(19)12(4)22-16(21)11(3)18-15(20)13-8-6-7-10(2)9-13/h6-9,11-12H,5H2,1-4H3,(H,17,19)(H,18,20)/t11-,12-/m0/s1. The number of amides is 2. The van der Waals surface area contributed by atoms with E-state index in [-0.39, 0.29) is 11.8 Å². The molecule has 120 valence electrons. The number of esters is 1. The van der Waals surface area contributed by atoms with Crippen molar-refractivity contribution in [3.05, 3.63) is 35.4 Å². The van der Waals surface area contributed by atoms with Crippen LogP contribution in [0.2, 0.25) is 0 Å². The molecule has 6 heteroatoms. The van der Waals surface area contributed by atoms with Crippen LogP contribution in [0.15, 0.2) is 24.3 Å².